The van der Waals surface area contributed by atoms with E-state index in [-0.39, 0.29) is 18.3 Å². The molecule has 0 spiro atoms. The predicted molar refractivity (Wildman–Crippen MR) is 79.8 cm³/mol. The minimum atomic E-state index is -0.731. The van der Waals surface area contributed by atoms with Crippen LogP contribution in [0.3, 0.4) is 0 Å². The highest BCUT2D eigenvalue weighted by molar-refractivity contribution is 7.98. The van der Waals surface area contributed by atoms with Crippen molar-refractivity contribution in [2.45, 2.75) is 11.0 Å². The second-order valence-corrected chi connectivity index (χ2v) is 5.76. The number of aliphatic hydroxyl groups excluding tert-OH is 1. The van der Waals surface area contributed by atoms with E-state index in [4.69, 9.17) is 0 Å². The second-order valence-electron chi connectivity index (χ2n) is 4.13. The van der Waals surface area contributed by atoms with E-state index in [2.05, 4.69) is 5.32 Å². The van der Waals surface area contributed by atoms with E-state index in [1.165, 1.54) is 41.3 Å². The molecular formula is C14H14FNO2S2. The molecule has 0 fully saturated rings. The number of carbonyl (C=O) groups excluding carboxylic acids is 1. The summed E-state index contributed by atoms with van der Waals surface area (Å²) < 4.78 is 13.3. The van der Waals surface area contributed by atoms with E-state index < -0.39 is 6.10 Å². The Morgan fingerprint density at radius 2 is 2.30 bits per heavy atom. The zero-order chi connectivity index (χ0) is 14.5. The van der Waals surface area contributed by atoms with Crippen LogP contribution in [-0.4, -0.2) is 23.8 Å². The van der Waals surface area contributed by atoms with Crippen molar-refractivity contribution in [3.05, 3.63) is 52.0 Å². The molecule has 2 aromatic rings. The molecule has 1 atom stereocenters. The fourth-order valence-electron chi connectivity index (χ4n) is 1.67. The Bertz CT molecular complexity index is 587. The van der Waals surface area contributed by atoms with Gasteiger partial charge in [0.05, 0.1) is 6.10 Å². The minimum absolute atomic E-state index is 0.127. The van der Waals surface area contributed by atoms with Crippen LogP contribution in [-0.2, 0) is 0 Å². The number of thiophene rings is 1. The van der Waals surface area contributed by atoms with Crippen LogP contribution in [0.5, 0.6) is 0 Å². The van der Waals surface area contributed by atoms with Gasteiger partial charge in [-0.15, -0.1) is 11.8 Å². The van der Waals surface area contributed by atoms with Crippen molar-refractivity contribution in [1.29, 1.82) is 0 Å². The average Bonchev–Trinajstić information content (AvgIpc) is 2.99. The van der Waals surface area contributed by atoms with Crippen LogP contribution in [0.15, 0.2) is 39.9 Å². The molecule has 0 aliphatic rings. The number of carbonyl (C=O) groups is 1. The van der Waals surface area contributed by atoms with Gasteiger partial charge in [-0.1, -0.05) is 0 Å². The maximum Gasteiger partial charge on any atom is 0.251 e. The molecule has 1 aromatic heterocycles. The van der Waals surface area contributed by atoms with Crippen LogP contribution < -0.4 is 5.32 Å². The van der Waals surface area contributed by atoms with Gasteiger partial charge >= 0.3 is 0 Å². The summed E-state index contributed by atoms with van der Waals surface area (Å²) in [5.41, 5.74) is 1.16. The van der Waals surface area contributed by atoms with Crippen molar-refractivity contribution in [1.82, 2.24) is 5.32 Å². The largest absolute Gasteiger partial charge is 0.387 e. The van der Waals surface area contributed by atoms with Gasteiger partial charge in [0, 0.05) is 17.0 Å². The highest BCUT2D eigenvalue weighted by Crippen LogP contribution is 2.20. The van der Waals surface area contributed by atoms with Crippen LogP contribution in [0.25, 0.3) is 0 Å². The molecule has 0 bridgehead atoms. The van der Waals surface area contributed by atoms with E-state index in [0.29, 0.717) is 10.5 Å². The van der Waals surface area contributed by atoms with Crippen LogP contribution in [0.1, 0.15) is 22.0 Å². The highest BCUT2D eigenvalue weighted by atomic mass is 32.2. The van der Waals surface area contributed by atoms with Gasteiger partial charge in [0.15, 0.2) is 0 Å². The molecule has 6 heteroatoms. The van der Waals surface area contributed by atoms with E-state index >= 15 is 0 Å². The van der Waals surface area contributed by atoms with E-state index in [1.54, 1.807) is 6.26 Å². The first-order valence-electron chi connectivity index (χ1n) is 5.93. The Morgan fingerprint density at radius 3 is 2.95 bits per heavy atom. The normalized spacial score (nSPS) is 12.2. The summed E-state index contributed by atoms with van der Waals surface area (Å²) >= 11 is 2.73. The number of thioether (sulfide) groups is 1. The van der Waals surface area contributed by atoms with Gasteiger partial charge < -0.3 is 10.4 Å². The third kappa shape index (κ3) is 3.59. The molecule has 3 nitrogen and oxygen atoms in total. The summed E-state index contributed by atoms with van der Waals surface area (Å²) in [6, 6.07) is 6.02. The summed E-state index contributed by atoms with van der Waals surface area (Å²) in [4.78, 5) is 12.4. The van der Waals surface area contributed by atoms with Crippen molar-refractivity contribution >= 4 is 29.0 Å². The Hall–Kier alpha value is -1.37. The summed E-state index contributed by atoms with van der Waals surface area (Å²) in [6.45, 7) is 0.127. The molecule has 0 aliphatic heterocycles. The van der Waals surface area contributed by atoms with E-state index in [1.807, 2.05) is 16.8 Å². The van der Waals surface area contributed by atoms with Crippen molar-refractivity contribution in [2.24, 2.45) is 0 Å². The number of hydrogen-bond donors (Lipinski definition) is 2. The maximum atomic E-state index is 13.3. The minimum Gasteiger partial charge on any atom is -0.387 e. The lowest BCUT2D eigenvalue weighted by atomic mass is 10.1. The Balaban J connectivity index is 1.98. The second kappa shape index (κ2) is 6.88. The van der Waals surface area contributed by atoms with E-state index in [0.717, 1.165) is 5.56 Å². The molecular weight excluding hydrogens is 297 g/mol. The van der Waals surface area contributed by atoms with Crippen molar-refractivity contribution in [3.8, 4) is 0 Å². The molecule has 1 heterocycles. The molecule has 2 rings (SSSR count). The van der Waals surface area contributed by atoms with Gasteiger partial charge in [0.25, 0.3) is 5.91 Å². The summed E-state index contributed by atoms with van der Waals surface area (Å²) in [7, 11) is 0. The summed E-state index contributed by atoms with van der Waals surface area (Å²) in [5.74, 6) is -0.665. The van der Waals surface area contributed by atoms with Gasteiger partial charge in [0.1, 0.15) is 5.82 Å². The van der Waals surface area contributed by atoms with Crippen molar-refractivity contribution in [3.63, 3.8) is 0 Å². The van der Waals surface area contributed by atoms with Gasteiger partial charge in [-0.05, 0) is 46.8 Å². The number of rotatable bonds is 5. The van der Waals surface area contributed by atoms with E-state index in [9.17, 15) is 14.3 Å². The zero-order valence-electron chi connectivity index (χ0n) is 10.8. The highest BCUT2D eigenvalue weighted by Gasteiger charge is 2.12. The standard InChI is InChI=1S/C14H14FNO2S2/c1-19-13-6-9(2-3-11(13)15)14(18)16-7-12(17)10-4-5-20-8-10/h2-6,8,12,17H,7H2,1H3,(H,16,18). The first-order valence-corrected chi connectivity index (χ1v) is 8.10. The van der Waals surface area contributed by atoms with Crippen LogP contribution >= 0.6 is 23.1 Å². The maximum absolute atomic E-state index is 13.3. The van der Waals surface area contributed by atoms with Gasteiger partial charge in [-0.2, -0.15) is 11.3 Å². The number of nitrogens with one attached hydrogen (secondary N) is 1. The summed E-state index contributed by atoms with van der Waals surface area (Å²) in [6.07, 6.45) is 1.02. The quantitative estimate of drug-likeness (QED) is 0.834. The van der Waals surface area contributed by atoms with Crippen LogP contribution in [0.2, 0.25) is 0 Å². The Labute approximate surface area is 124 Å². The molecule has 106 valence electrons. The van der Waals surface area contributed by atoms with Gasteiger partial charge in [-0.25, -0.2) is 4.39 Å². The number of aliphatic hydroxyl groups is 1. The average molecular weight is 311 g/mol. The molecule has 0 saturated carbocycles. The van der Waals surface area contributed by atoms with Gasteiger partial charge in [-0.3, -0.25) is 4.79 Å². The number of hydrogen-bond acceptors (Lipinski definition) is 4. The predicted octanol–water partition coefficient (Wildman–Crippen LogP) is 3.07. The third-order valence-electron chi connectivity index (χ3n) is 2.80. The number of halogens is 1. The lowest BCUT2D eigenvalue weighted by Gasteiger charge is -2.11. The smallest absolute Gasteiger partial charge is 0.251 e. The number of benzene rings is 1. The Morgan fingerprint density at radius 1 is 1.50 bits per heavy atom. The van der Waals surface area contributed by atoms with Crippen molar-refractivity contribution < 1.29 is 14.3 Å². The first kappa shape index (κ1) is 15.0. The molecule has 0 saturated heterocycles. The molecule has 0 aliphatic carbocycles. The van der Waals surface area contributed by atoms with Crippen LogP contribution in [0.4, 0.5) is 4.39 Å². The molecule has 0 radical (unpaired) electrons. The first-order chi connectivity index (χ1) is 9.61. The lowest BCUT2D eigenvalue weighted by Crippen LogP contribution is -2.28. The number of amides is 1. The van der Waals surface area contributed by atoms with Crippen LogP contribution in [0, 0.1) is 5.82 Å². The third-order valence-corrected chi connectivity index (χ3v) is 4.25. The fourth-order valence-corrected chi connectivity index (χ4v) is 2.89. The molecule has 1 amide bonds. The monoisotopic (exact) mass is 311 g/mol. The molecule has 1 unspecified atom stereocenters. The molecule has 2 N–H and O–H groups in total. The zero-order valence-corrected chi connectivity index (χ0v) is 12.4. The lowest BCUT2D eigenvalue weighted by molar-refractivity contribution is 0.0916. The summed E-state index contributed by atoms with van der Waals surface area (Å²) in [5, 5.41) is 16.2. The fraction of sp³-hybridized carbons (Fsp3) is 0.214. The molecule has 1 aromatic carbocycles. The van der Waals surface area contributed by atoms with Crippen molar-refractivity contribution in [2.75, 3.05) is 12.8 Å². The SMILES string of the molecule is CSc1cc(C(=O)NCC(O)c2ccsc2)ccc1F. The topological polar surface area (TPSA) is 49.3 Å². The van der Waals surface area contributed by atoms with Gasteiger partial charge in [0.2, 0.25) is 0 Å². The molecule has 20 heavy (non-hydrogen) atoms. The Kier molecular flexibility index (Phi) is 5.17.